The normalized spacial score (nSPS) is 9.35. The van der Waals surface area contributed by atoms with Crippen LogP contribution in [0.4, 0.5) is 5.69 Å². The van der Waals surface area contributed by atoms with E-state index in [9.17, 15) is 4.79 Å². The van der Waals surface area contributed by atoms with Gasteiger partial charge in [-0.2, -0.15) is 10.5 Å². The van der Waals surface area contributed by atoms with Gasteiger partial charge in [-0.15, -0.1) is 0 Å². The number of benzene rings is 2. The van der Waals surface area contributed by atoms with Crippen LogP contribution >= 0.6 is 11.6 Å². The van der Waals surface area contributed by atoms with E-state index in [1.165, 1.54) is 6.07 Å². The number of hydrogen-bond acceptors (Lipinski definition) is 3. The number of carbonyl (C=O) groups is 1. The highest BCUT2D eigenvalue weighted by Crippen LogP contribution is 2.20. The van der Waals surface area contributed by atoms with E-state index in [4.69, 9.17) is 22.1 Å². The molecular weight excluding hydrogens is 274 g/mol. The predicted molar refractivity (Wildman–Crippen MR) is 75.3 cm³/mol. The molecule has 4 nitrogen and oxygen atoms in total. The second-order valence-corrected chi connectivity index (χ2v) is 4.36. The Hall–Kier alpha value is -2.82. The smallest absolute Gasteiger partial charge is 0.255 e. The molecule has 1 amide bonds. The van der Waals surface area contributed by atoms with E-state index >= 15 is 0 Å². The second-order valence-electron chi connectivity index (χ2n) is 3.95. The summed E-state index contributed by atoms with van der Waals surface area (Å²) >= 11 is 5.82. The summed E-state index contributed by atoms with van der Waals surface area (Å²) < 4.78 is 0. The highest BCUT2D eigenvalue weighted by molar-refractivity contribution is 6.31. The molecule has 0 unspecified atom stereocenters. The van der Waals surface area contributed by atoms with Crippen molar-refractivity contribution in [3.63, 3.8) is 0 Å². The Kier molecular flexibility index (Phi) is 4.00. The minimum atomic E-state index is -0.319. The van der Waals surface area contributed by atoms with Crippen molar-refractivity contribution in [1.82, 2.24) is 0 Å². The molecule has 0 saturated heterocycles. The highest BCUT2D eigenvalue weighted by atomic mass is 35.5. The van der Waals surface area contributed by atoms with E-state index in [2.05, 4.69) is 5.32 Å². The average molecular weight is 282 g/mol. The van der Waals surface area contributed by atoms with E-state index in [-0.39, 0.29) is 5.91 Å². The first-order valence-electron chi connectivity index (χ1n) is 5.65. The summed E-state index contributed by atoms with van der Waals surface area (Å²) in [4.78, 5) is 12.0. The summed E-state index contributed by atoms with van der Waals surface area (Å²) in [7, 11) is 0. The number of nitriles is 2. The topological polar surface area (TPSA) is 76.7 Å². The van der Waals surface area contributed by atoms with Crippen LogP contribution in [-0.4, -0.2) is 5.91 Å². The van der Waals surface area contributed by atoms with Crippen LogP contribution in [0.25, 0.3) is 0 Å². The fourth-order valence-corrected chi connectivity index (χ4v) is 1.75. The zero-order valence-corrected chi connectivity index (χ0v) is 11.0. The lowest BCUT2D eigenvalue weighted by Gasteiger charge is -2.06. The maximum Gasteiger partial charge on any atom is 0.255 e. The minimum Gasteiger partial charge on any atom is -0.322 e. The minimum absolute atomic E-state index is 0.296. The number of anilines is 1. The highest BCUT2D eigenvalue weighted by Gasteiger charge is 2.07. The third-order valence-electron chi connectivity index (χ3n) is 2.62. The van der Waals surface area contributed by atoms with Crippen LogP contribution in [0.5, 0.6) is 0 Å². The van der Waals surface area contributed by atoms with Gasteiger partial charge >= 0.3 is 0 Å². The van der Waals surface area contributed by atoms with Crippen molar-refractivity contribution in [3.05, 3.63) is 64.2 Å². The van der Waals surface area contributed by atoms with Gasteiger partial charge in [-0.25, -0.2) is 0 Å². The fourth-order valence-electron chi connectivity index (χ4n) is 1.59. The lowest BCUT2D eigenvalue weighted by Crippen LogP contribution is -2.11. The third-order valence-corrected chi connectivity index (χ3v) is 2.95. The molecule has 20 heavy (non-hydrogen) atoms. The Morgan fingerprint density at radius 3 is 2.35 bits per heavy atom. The molecule has 0 spiro atoms. The lowest BCUT2D eigenvalue weighted by molar-refractivity contribution is 0.102. The first kappa shape index (κ1) is 13.6. The first-order chi connectivity index (χ1) is 9.63. The summed E-state index contributed by atoms with van der Waals surface area (Å²) in [6.45, 7) is 0. The van der Waals surface area contributed by atoms with Gasteiger partial charge in [-0.05, 0) is 42.5 Å². The molecule has 0 radical (unpaired) electrons. The number of halogens is 1. The molecular formula is C15H8ClN3O. The molecule has 0 heterocycles. The van der Waals surface area contributed by atoms with Crippen molar-refractivity contribution >= 4 is 23.2 Å². The van der Waals surface area contributed by atoms with Gasteiger partial charge < -0.3 is 5.32 Å². The van der Waals surface area contributed by atoms with Crippen molar-refractivity contribution in [3.8, 4) is 12.1 Å². The maximum absolute atomic E-state index is 12.0. The molecule has 96 valence electrons. The number of nitrogens with one attached hydrogen (secondary N) is 1. The van der Waals surface area contributed by atoms with Crippen molar-refractivity contribution in [2.24, 2.45) is 0 Å². The first-order valence-corrected chi connectivity index (χ1v) is 6.03. The quantitative estimate of drug-likeness (QED) is 0.917. The number of carbonyl (C=O) groups excluding carboxylic acids is 1. The van der Waals surface area contributed by atoms with Crippen LogP contribution in [0.15, 0.2) is 42.5 Å². The van der Waals surface area contributed by atoms with Gasteiger partial charge in [0.15, 0.2) is 0 Å². The Bertz CT molecular complexity index is 739. The molecule has 1 N–H and O–H groups in total. The molecule has 0 aromatic heterocycles. The van der Waals surface area contributed by atoms with E-state index in [0.29, 0.717) is 27.4 Å². The number of amides is 1. The van der Waals surface area contributed by atoms with E-state index in [1.807, 2.05) is 12.1 Å². The van der Waals surface area contributed by atoms with E-state index < -0.39 is 0 Å². The molecule has 0 bridgehead atoms. The fraction of sp³-hybridized carbons (Fsp3) is 0. The Balaban J connectivity index is 2.19. The standard InChI is InChI=1S/C15H8ClN3O/c16-14-6-5-13(7-12(14)9-18)19-15(20)11-3-1-10(8-17)2-4-11/h1-7H,(H,19,20). The van der Waals surface area contributed by atoms with Crippen molar-refractivity contribution < 1.29 is 4.79 Å². The van der Waals surface area contributed by atoms with Gasteiger partial charge in [0, 0.05) is 11.3 Å². The van der Waals surface area contributed by atoms with Gasteiger partial charge in [0.05, 0.1) is 22.2 Å². The second kappa shape index (κ2) is 5.88. The number of hydrogen-bond donors (Lipinski definition) is 1. The summed E-state index contributed by atoms with van der Waals surface area (Å²) in [5.41, 5.74) is 1.70. The van der Waals surface area contributed by atoms with Gasteiger partial charge in [0.1, 0.15) is 6.07 Å². The van der Waals surface area contributed by atoms with E-state index in [1.54, 1.807) is 36.4 Å². The van der Waals surface area contributed by atoms with Crippen molar-refractivity contribution in [2.75, 3.05) is 5.32 Å². The molecule has 0 aliphatic carbocycles. The maximum atomic E-state index is 12.0. The molecule has 2 rings (SSSR count). The monoisotopic (exact) mass is 281 g/mol. The Morgan fingerprint density at radius 2 is 1.75 bits per heavy atom. The van der Waals surface area contributed by atoms with Crippen molar-refractivity contribution in [2.45, 2.75) is 0 Å². The molecule has 0 fully saturated rings. The summed E-state index contributed by atoms with van der Waals surface area (Å²) in [5.74, 6) is -0.319. The van der Waals surface area contributed by atoms with Gasteiger partial charge in [-0.3, -0.25) is 4.79 Å². The number of nitrogens with zero attached hydrogens (tertiary/aromatic N) is 2. The van der Waals surface area contributed by atoms with Crippen LogP contribution in [0.3, 0.4) is 0 Å². The zero-order chi connectivity index (χ0) is 14.5. The molecule has 2 aromatic rings. The van der Waals surface area contributed by atoms with Gasteiger partial charge in [-0.1, -0.05) is 11.6 Å². The predicted octanol–water partition coefficient (Wildman–Crippen LogP) is 3.34. The molecule has 2 aromatic carbocycles. The zero-order valence-electron chi connectivity index (χ0n) is 10.2. The van der Waals surface area contributed by atoms with E-state index in [0.717, 1.165) is 0 Å². The van der Waals surface area contributed by atoms with Crippen LogP contribution < -0.4 is 5.32 Å². The lowest BCUT2D eigenvalue weighted by atomic mass is 10.1. The Labute approximate surface area is 120 Å². The van der Waals surface area contributed by atoms with Crippen molar-refractivity contribution in [1.29, 1.82) is 10.5 Å². The largest absolute Gasteiger partial charge is 0.322 e. The van der Waals surface area contributed by atoms with Crippen LogP contribution in [0.2, 0.25) is 5.02 Å². The van der Waals surface area contributed by atoms with Gasteiger partial charge in [0.2, 0.25) is 0 Å². The molecule has 5 heteroatoms. The SMILES string of the molecule is N#Cc1ccc(C(=O)Nc2ccc(Cl)c(C#N)c2)cc1. The average Bonchev–Trinajstić information content (AvgIpc) is 2.49. The molecule has 0 aliphatic rings. The number of rotatable bonds is 2. The van der Waals surface area contributed by atoms with Crippen LogP contribution in [0.1, 0.15) is 21.5 Å². The summed E-state index contributed by atoms with van der Waals surface area (Å²) in [5, 5.41) is 20.6. The van der Waals surface area contributed by atoms with Gasteiger partial charge in [0.25, 0.3) is 5.91 Å². The molecule has 0 aliphatic heterocycles. The molecule has 0 atom stereocenters. The van der Waals surface area contributed by atoms with Crippen LogP contribution in [-0.2, 0) is 0 Å². The summed E-state index contributed by atoms with van der Waals surface area (Å²) in [6.07, 6.45) is 0. The van der Waals surface area contributed by atoms with Crippen LogP contribution in [0, 0.1) is 22.7 Å². The summed E-state index contributed by atoms with van der Waals surface area (Å²) in [6, 6.07) is 14.9. The Morgan fingerprint density at radius 1 is 1.05 bits per heavy atom. The third kappa shape index (κ3) is 2.95. The molecule has 0 saturated carbocycles.